The predicted octanol–water partition coefficient (Wildman–Crippen LogP) is 7.63. The summed E-state index contributed by atoms with van der Waals surface area (Å²) < 4.78 is 6.95. The Morgan fingerprint density at radius 3 is 1.62 bits per heavy atom. The van der Waals surface area contributed by atoms with Crippen LogP contribution in [-0.2, 0) is 4.43 Å². The van der Waals surface area contributed by atoms with Crippen LogP contribution in [-0.4, -0.2) is 41.7 Å². The van der Waals surface area contributed by atoms with E-state index in [1.165, 1.54) is 90.1 Å². The fraction of sp³-hybridized carbons (Fsp3) is 0.920. The monoisotopic (exact) mass is 441 g/mol. The quantitative estimate of drug-likeness (QED) is 0.116. The molecule has 29 heavy (non-hydrogen) atoms. The molecule has 0 aliphatic carbocycles. The zero-order valence-electron chi connectivity index (χ0n) is 21.3. The van der Waals surface area contributed by atoms with Gasteiger partial charge in [-0.15, -0.1) is 12.3 Å². The van der Waals surface area contributed by atoms with Crippen molar-refractivity contribution >= 4 is 17.8 Å². The second kappa shape index (κ2) is 16.7. The summed E-state index contributed by atoms with van der Waals surface area (Å²) in [4.78, 5) is 2.72. The molecule has 0 amide bonds. The van der Waals surface area contributed by atoms with Crippen molar-refractivity contribution in [1.82, 2.24) is 4.90 Å². The molecule has 174 valence electrons. The summed E-state index contributed by atoms with van der Waals surface area (Å²) in [6.07, 6.45) is 16.4. The highest BCUT2D eigenvalue weighted by Gasteiger charge is 2.40. The first kappa shape index (κ1) is 29.1. The third kappa shape index (κ3) is 13.9. The van der Waals surface area contributed by atoms with Gasteiger partial charge in [-0.2, -0.15) is 0 Å². The van der Waals surface area contributed by atoms with Gasteiger partial charge in [0.05, 0.1) is 15.4 Å². The molecule has 0 aromatic carbocycles. The molecule has 0 radical (unpaired) electrons. The van der Waals surface area contributed by atoms with Gasteiger partial charge in [0.15, 0.2) is 8.32 Å². The van der Waals surface area contributed by atoms with Crippen molar-refractivity contribution in [2.45, 2.75) is 136 Å². The molecule has 0 saturated carbocycles. The van der Waals surface area contributed by atoms with Gasteiger partial charge in [0, 0.05) is 13.1 Å². The van der Waals surface area contributed by atoms with E-state index in [4.69, 9.17) is 4.43 Å². The van der Waals surface area contributed by atoms with Gasteiger partial charge >= 0.3 is 0 Å². The Bertz CT molecular complexity index is 377. The lowest BCUT2D eigenvalue weighted by molar-refractivity contribution is 0.0714. The second-order valence-electron chi connectivity index (χ2n) is 10.4. The highest BCUT2D eigenvalue weighted by Crippen LogP contribution is 2.37. The molecule has 0 fully saturated rings. The number of hydrogen-bond acceptors (Lipinski definition) is 2. The first-order chi connectivity index (χ1) is 13.7. The second-order valence-corrected chi connectivity index (χ2v) is 16.9. The van der Waals surface area contributed by atoms with Gasteiger partial charge in [0.25, 0.3) is 0 Å². The largest absolute Gasteiger partial charge is 0.405 e. The molecular formula is C25H55NOSi2. The Hall–Kier alpha value is 0.0938. The Balaban J connectivity index is 4.84. The maximum atomic E-state index is 6.95. The van der Waals surface area contributed by atoms with E-state index in [2.05, 4.69) is 64.9 Å². The van der Waals surface area contributed by atoms with E-state index in [-0.39, 0.29) is 5.04 Å². The maximum absolute atomic E-state index is 6.95. The lowest BCUT2D eigenvalue weighted by Crippen LogP contribution is -2.52. The van der Waals surface area contributed by atoms with Crippen molar-refractivity contribution in [2.75, 3.05) is 13.1 Å². The van der Waals surface area contributed by atoms with Gasteiger partial charge in [-0.05, 0) is 31.0 Å². The smallest absolute Gasteiger partial charge is 0.193 e. The number of unbranched alkanes of at least 4 members (excludes halogenated alkanes) is 10. The average molecular weight is 442 g/mol. The van der Waals surface area contributed by atoms with Gasteiger partial charge in [0.2, 0.25) is 0 Å². The normalized spacial score (nSPS) is 14.2. The number of nitrogens with zero attached hydrogens (tertiary/aromatic N) is 1. The van der Waals surface area contributed by atoms with Gasteiger partial charge < -0.3 is 4.43 Å². The Morgan fingerprint density at radius 1 is 0.828 bits per heavy atom. The summed E-state index contributed by atoms with van der Waals surface area (Å²) in [7, 11) is -2.20. The van der Waals surface area contributed by atoms with E-state index >= 15 is 0 Å². The minimum absolute atomic E-state index is 0.271. The van der Waals surface area contributed by atoms with E-state index < -0.39 is 17.8 Å². The summed E-state index contributed by atoms with van der Waals surface area (Å²) in [6, 6.07) is 0. The van der Waals surface area contributed by atoms with Crippen LogP contribution in [0.3, 0.4) is 0 Å². The molecule has 0 heterocycles. The van der Waals surface area contributed by atoms with Gasteiger partial charge in [-0.3, -0.25) is 4.90 Å². The molecule has 0 aromatic rings. The summed E-state index contributed by atoms with van der Waals surface area (Å²) in [6.45, 7) is 23.0. The summed E-state index contributed by atoms with van der Waals surface area (Å²) in [5.74, 6) is 0.347. The molecule has 0 spiro atoms. The van der Waals surface area contributed by atoms with E-state index in [0.29, 0.717) is 5.85 Å². The Labute approximate surface area is 188 Å². The molecule has 4 heteroatoms. The lowest BCUT2D eigenvalue weighted by Gasteiger charge is -2.42. The minimum atomic E-state index is -1.75. The Kier molecular flexibility index (Phi) is 16.8. The van der Waals surface area contributed by atoms with Crippen LogP contribution in [0, 0.1) is 0 Å². The molecule has 0 aliphatic rings. The Morgan fingerprint density at radius 2 is 1.24 bits per heavy atom. The van der Waals surface area contributed by atoms with Crippen molar-refractivity contribution in [3.8, 4) is 0 Å². The van der Waals surface area contributed by atoms with E-state index in [0.717, 1.165) is 0 Å². The van der Waals surface area contributed by atoms with E-state index in [1.807, 2.05) is 0 Å². The minimum Gasteiger partial charge on any atom is -0.405 e. The molecule has 1 unspecified atom stereocenters. The molecule has 0 aromatic heterocycles. The molecule has 0 saturated heterocycles. The summed E-state index contributed by atoms with van der Waals surface area (Å²) in [5.41, 5.74) is 2.20. The third-order valence-corrected chi connectivity index (χ3v) is 12.8. The predicted molar refractivity (Wildman–Crippen MR) is 139 cm³/mol. The molecule has 0 bridgehead atoms. The van der Waals surface area contributed by atoms with E-state index in [1.54, 1.807) is 0 Å². The first-order valence-electron chi connectivity index (χ1n) is 12.7. The van der Waals surface area contributed by atoms with Gasteiger partial charge in [-0.25, -0.2) is 0 Å². The lowest BCUT2D eigenvalue weighted by atomic mass is 10.1. The molecule has 1 atom stereocenters. The summed E-state index contributed by atoms with van der Waals surface area (Å²) >= 11 is 0. The van der Waals surface area contributed by atoms with Crippen molar-refractivity contribution in [1.29, 1.82) is 0 Å². The average Bonchev–Trinajstić information content (AvgIpc) is 2.64. The molecule has 0 N–H and O–H groups in total. The van der Waals surface area contributed by atoms with Crippen molar-refractivity contribution in [3.63, 3.8) is 0 Å². The highest BCUT2D eigenvalue weighted by atomic mass is 28.4. The van der Waals surface area contributed by atoms with Crippen LogP contribution >= 0.6 is 0 Å². The van der Waals surface area contributed by atoms with Crippen LogP contribution in [0.25, 0.3) is 0 Å². The third-order valence-electron chi connectivity index (χ3n) is 6.61. The maximum Gasteiger partial charge on any atom is 0.193 e. The van der Waals surface area contributed by atoms with Gasteiger partial charge in [0.1, 0.15) is 0 Å². The SMILES string of the molecule is C=C[SiH2]C(O[Si](C)(C)C(C)(C)C)N(CCCCCCCC)CCCCCCCC. The molecule has 0 rings (SSSR count). The van der Waals surface area contributed by atoms with Crippen molar-refractivity contribution < 1.29 is 4.43 Å². The van der Waals surface area contributed by atoms with Crippen LogP contribution in [0.15, 0.2) is 12.3 Å². The topological polar surface area (TPSA) is 12.5 Å². The zero-order chi connectivity index (χ0) is 22.2. The van der Waals surface area contributed by atoms with Crippen LogP contribution in [0.4, 0.5) is 0 Å². The zero-order valence-corrected chi connectivity index (χ0v) is 23.7. The summed E-state index contributed by atoms with van der Waals surface area (Å²) in [5, 5.41) is 0.271. The fourth-order valence-corrected chi connectivity index (χ4v) is 7.29. The van der Waals surface area contributed by atoms with Crippen LogP contribution in [0.1, 0.15) is 112 Å². The van der Waals surface area contributed by atoms with Crippen LogP contribution < -0.4 is 0 Å². The standard InChI is InChI=1S/C25H55NOSi2/c1-9-12-14-16-18-20-22-26(23-21-19-17-15-13-10-2)24(28-11-3)27-29(7,8)25(4,5)6/h11,24H,3,9-10,12-23,28H2,1-2,4-8H3. The van der Waals surface area contributed by atoms with Gasteiger partial charge in [-0.1, -0.05) is 98.8 Å². The van der Waals surface area contributed by atoms with Crippen LogP contribution in [0.5, 0.6) is 0 Å². The molecule has 2 nitrogen and oxygen atoms in total. The highest BCUT2D eigenvalue weighted by molar-refractivity contribution is 6.74. The van der Waals surface area contributed by atoms with Crippen molar-refractivity contribution in [2.24, 2.45) is 0 Å². The fourth-order valence-electron chi connectivity index (χ4n) is 3.52. The van der Waals surface area contributed by atoms with Crippen LogP contribution in [0.2, 0.25) is 18.1 Å². The van der Waals surface area contributed by atoms with Crippen molar-refractivity contribution in [3.05, 3.63) is 12.3 Å². The molecule has 0 aliphatic heterocycles. The first-order valence-corrected chi connectivity index (χ1v) is 17.3. The van der Waals surface area contributed by atoms with E-state index in [9.17, 15) is 0 Å². The number of rotatable bonds is 19. The number of hydrogen-bond donors (Lipinski definition) is 0. The molecular weight excluding hydrogens is 386 g/mol.